The molecule has 0 saturated carbocycles. The van der Waals surface area contributed by atoms with Gasteiger partial charge in [0, 0.05) is 30.1 Å². The number of carboxylic acids is 1. The summed E-state index contributed by atoms with van der Waals surface area (Å²) in [4.78, 5) is 58.8. The molecule has 1 aromatic carbocycles. The van der Waals surface area contributed by atoms with Gasteiger partial charge in [0.15, 0.2) is 5.96 Å². The highest BCUT2D eigenvalue weighted by molar-refractivity contribution is 5.94. The minimum Gasteiger partial charge on any atom is -0.480 e. The lowest BCUT2D eigenvalue weighted by molar-refractivity contribution is -0.142. The summed E-state index contributed by atoms with van der Waals surface area (Å²) in [5, 5.41) is 18.8. The van der Waals surface area contributed by atoms with E-state index in [-0.39, 0.29) is 37.7 Å². The summed E-state index contributed by atoms with van der Waals surface area (Å²) in [6, 6.07) is 3.30. The maximum absolute atomic E-state index is 13.4. The largest absolute Gasteiger partial charge is 0.480 e. The minimum atomic E-state index is -1.25. The number of H-pyrrole nitrogens is 1. The number of aliphatic imine (C=N–C) groups is 1. The van der Waals surface area contributed by atoms with Gasteiger partial charge in [-0.3, -0.25) is 19.4 Å². The molecule has 0 aliphatic carbocycles. The van der Waals surface area contributed by atoms with Crippen molar-refractivity contribution in [1.82, 2.24) is 20.9 Å². The zero-order valence-corrected chi connectivity index (χ0v) is 25.0. The number of hydrogen-bond donors (Lipinski definition) is 9. The Kier molecular flexibility index (Phi) is 14.4. The number of nitrogens with one attached hydrogen (secondary N) is 4. The van der Waals surface area contributed by atoms with Crippen molar-refractivity contribution in [2.45, 2.75) is 83.0 Å². The first-order valence-electron chi connectivity index (χ1n) is 14.6. The molecule has 43 heavy (non-hydrogen) atoms. The third-order valence-electron chi connectivity index (χ3n) is 6.93. The van der Waals surface area contributed by atoms with Gasteiger partial charge in [0.2, 0.25) is 17.7 Å². The van der Waals surface area contributed by atoms with Gasteiger partial charge in [-0.25, -0.2) is 4.79 Å². The van der Waals surface area contributed by atoms with Gasteiger partial charge in [0.1, 0.15) is 18.1 Å². The molecule has 3 amide bonds. The van der Waals surface area contributed by atoms with Crippen LogP contribution < -0.4 is 38.9 Å². The van der Waals surface area contributed by atoms with Crippen LogP contribution in [0.5, 0.6) is 0 Å². The first kappa shape index (κ1) is 35.0. The highest BCUT2D eigenvalue weighted by Gasteiger charge is 2.30. The number of amides is 3. The lowest BCUT2D eigenvalue weighted by atomic mass is 10.0. The molecule has 0 saturated heterocycles. The normalized spacial score (nSPS) is 14.0. The van der Waals surface area contributed by atoms with E-state index in [0.29, 0.717) is 32.2 Å². The van der Waals surface area contributed by atoms with Crippen LogP contribution in [0.15, 0.2) is 35.5 Å². The minimum absolute atomic E-state index is 0.0335. The fourth-order valence-electron chi connectivity index (χ4n) is 4.69. The summed E-state index contributed by atoms with van der Waals surface area (Å²) in [7, 11) is 0. The van der Waals surface area contributed by atoms with Crippen molar-refractivity contribution in [3.63, 3.8) is 0 Å². The molecule has 0 fully saturated rings. The van der Waals surface area contributed by atoms with Crippen LogP contribution >= 0.6 is 0 Å². The molecule has 1 heterocycles. The molecule has 238 valence electrons. The average Bonchev–Trinajstić information content (AvgIpc) is 3.35. The molecule has 4 unspecified atom stereocenters. The number of unbranched alkanes of at least 4 members (excludes halogenated alkanes) is 1. The van der Waals surface area contributed by atoms with E-state index < -0.39 is 47.9 Å². The number of guanidine groups is 1. The summed E-state index contributed by atoms with van der Waals surface area (Å²) in [5.41, 5.74) is 24.0. The fourth-order valence-corrected chi connectivity index (χ4v) is 4.69. The highest BCUT2D eigenvalue weighted by atomic mass is 16.4. The van der Waals surface area contributed by atoms with Gasteiger partial charge in [-0.1, -0.05) is 32.0 Å². The lowest BCUT2D eigenvalue weighted by Gasteiger charge is -2.25. The number of carbonyl (C=O) groups is 4. The second kappa shape index (κ2) is 17.7. The second-order valence-electron chi connectivity index (χ2n) is 11.1. The molecule has 2 rings (SSSR count). The van der Waals surface area contributed by atoms with Gasteiger partial charge in [0.05, 0.1) is 6.04 Å². The number of carboxylic acid groups (broad SMARTS) is 1. The van der Waals surface area contributed by atoms with E-state index in [1.807, 2.05) is 38.1 Å². The van der Waals surface area contributed by atoms with E-state index in [9.17, 15) is 24.3 Å². The molecule has 1 aromatic heterocycles. The topological polar surface area (TPSA) is 257 Å². The summed E-state index contributed by atoms with van der Waals surface area (Å²) >= 11 is 0. The molecule has 0 aliphatic heterocycles. The number of aliphatic carboxylic acids is 1. The molecule has 14 heteroatoms. The Morgan fingerprint density at radius 2 is 1.51 bits per heavy atom. The van der Waals surface area contributed by atoms with Crippen molar-refractivity contribution in [3.8, 4) is 0 Å². The number of aromatic nitrogens is 1. The number of aromatic amines is 1. The van der Waals surface area contributed by atoms with Gasteiger partial charge in [-0.2, -0.15) is 0 Å². The average molecular weight is 602 g/mol. The zero-order chi connectivity index (χ0) is 31.9. The van der Waals surface area contributed by atoms with E-state index in [4.69, 9.17) is 22.9 Å². The Hall–Kier alpha value is -4.17. The second-order valence-corrected chi connectivity index (χ2v) is 11.1. The molecule has 13 N–H and O–H groups in total. The fraction of sp³-hybridized carbons (Fsp3) is 0.552. The van der Waals surface area contributed by atoms with Crippen LogP contribution in [0.2, 0.25) is 0 Å². The first-order chi connectivity index (χ1) is 20.4. The van der Waals surface area contributed by atoms with E-state index in [0.717, 1.165) is 16.5 Å². The van der Waals surface area contributed by atoms with Gasteiger partial charge in [-0.05, 0) is 62.6 Å². The molecule has 2 aromatic rings. The molecular weight excluding hydrogens is 554 g/mol. The van der Waals surface area contributed by atoms with Crippen LogP contribution in [-0.4, -0.2) is 77.0 Å². The predicted molar refractivity (Wildman–Crippen MR) is 166 cm³/mol. The third-order valence-corrected chi connectivity index (χ3v) is 6.93. The maximum atomic E-state index is 13.4. The zero-order valence-electron chi connectivity index (χ0n) is 25.0. The number of nitrogens with two attached hydrogens (primary N) is 4. The Balaban J connectivity index is 2.20. The van der Waals surface area contributed by atoms with Crippen LogP contribution in [0.1, 0.15) is 57.9 Å². The number of rotatable bonds is 19. The Morgan fingerprint density at radius 3 is 2.12 bits per heavy atom. The Labute approximate surface area is 251 Å². The standard InChI is InChI=1S/C29H47N9O5/c1-17(2)14-20(31)25(39)36-23(11-7-13-34-29(32)33)26(40)37-22(10-5-6-12-30)27(41)38-24(28(42)43)15-18-16-35-21-9-4-3-8-19(18)21/h3-4,8-9,16-17,20,22-24,35H,5-7,10-15,30-31H2,1-2H3,(H,36,39)(H,37,40)(H,38,41)(H,42,43)(H4,32,33,34). The quantitative estimate of drug-likeness (QED) is 0.0586. The van der Waals surface area contributed by atoms with Crippen LogP contribution in [-0.2, 0) is 25.6 Å². The van der Waals surface area contributed by atoms with Gasteiger partial charge < -0.3 is 49.0 Å². The smallest absolute Gasteiger partial charge is 0.326 e. The van der Waals surface area contributed by atoms with Crippen LogP contribution in [0.25, 0.3) is 10.9 Å². The lowest BCUT2D eigenvalue weighted by Crippen LogP contribution is -2.57. The number of nitrogens with zero attached hydrogens (tertiary/aromatic N) is 1. The number of fused-ring (bicyclic) bond motifs is 1. The van der Waals surface area contributed by atoms with Crippen molar-refractivity contribution in [2.24, 2.45) is 33.8 Å². The monoisotopic (exact) mass is 601 g/mol. The van der Waals surface area contributed by atoms with Gasteiger partial charge in [0.25, 0.3) is 0 Å². The summed E-state index contributed by atoms with van der Waals surface area (Å²) < 4.78 is 0. The summed E-state index contributed by atoms with van der Waals surface area (Å²) in [5.74, 6) is -2.90. The molecule has 0 spiro atoms. The van der Waals surface area contributed by atoms with Crippen LogP contribution in [0.3, 0.4) is 0 Å². The Morgan fingerprint density at radius 1 is 0.907 bits per heavy atom. The van der Waals surface area contributed by atoms with Crippen molar-refractivity contribution >= 4 is 40.6 Å². The first-order valence-corrected chi connectivity index (χ1v) is 14.6. The third kappa shape index (κ3) is 11.9. The van der Waals surface area contributed by atoms with E-state index in [2.05, 4.69) is 25.9 Å². The molecule has 0 bridgehead atoms. The highest BCUT2D eigenvalue weighted by Crippen LogP contribution is 2.19. The van der Waals surface area contributed by atoms with Crippen molar-refractivity contribution in [2.75, 3.05) is 13.1 Å². The summed E-state index contributed by atoms with van der Waals surface area (Å²) in [6.07, 6.45) is 4.04. The van der Waals surface area contributed by atoms with Gasteiger partial charge in [-0.15, -0.1) is 0 Å². The maximum Gasteiger partial charge on any atom is 0.326 e. The van der Waals surface area contributed by atoms with Crippen LogP contribution in [0, 0.1) is 5.92 Å². The van der Waals surface area contributed by atoms with E-state index in [1.54, 1.807) is 6.20 Å². The van der Waals surface area contributed by atoms with E-state index in [1.165, 1.54) is 0 Å². The number of para-hydroxylation sites is 1. The van der Waals surface area contributed by atoms with Crippen molar-refractivity contribution in [1.29, 1.82) is 0 Å². The van der Waals surface area contributed by atoms with Crippen molar-refractivity contribution in [3.05, 3.63) is 36.0 Å². The number of hydrogen-bond acceptors (Lipinski definition) is 7. The Bertz CT molecular complexity index is 1240. The molecule has 4 atom stereocenters. The molecular formula is C29H47N9O5. The predicted octanol–water partition coefficient (Wildman–Crippen LogP) is -0.195. The van der Waals surface area contributed by atoms with Gasteiger partial charge >= 0.3 is 5.97 Å². The molecule has 0 radical (unpaired) electrons. The van der Waals surface area contributed by atoms with E-state index >= 15 is 0 Å². The molecule has 0 aliphatic rings. The van der Waals surface area contributed by atoms with Crippen LogP contribution in [0.4, 0.5) is 0 Å². The van der Waals surface area contributed by atoms with Crippen molar-refractivity contribution < 1.29 is 24.3 Å². The number of carbonyl (C=O) groups excluding carboxylic acids is 3. The summed E-state index contributed by atoms with van der Waals surface area (Å²) in [6.45, 7) is 4.48. The molecule has 14 nitrogen and oxygen atoms in total. The SMILES string of the molecule is CC(C)CC(N)C(=O)NC(CCCN=C(N)N)C(=O)NC(CCCCN)C(=O)NC(Cc1c[nH]c2ccccc12)C(=O)O. The number of benzene rings is 1.